The van der Waals surface area contributed by atoms with Crippen LogP contribution in [-0.4, -0.2) is 61.9 Å². The van der Waals surface area contributed by atoms with E-state index < -0.39 is 56.4 Å². The first-order valence-corrected chi connectivity index (χ1v) is 12.8. The van der Waals surface area contributed by atoms with Crippen LogP contribution in [-0.2, 0) is 23.5 Å². The predicted molar refractivity (Wildman–Crippen MR) is 112 cm³/mol. The molecule has 0 aromatic carbocycles. The number of hydrogen-bond acceptors (Lipinski definition) is 5. The molecule has 1 rings (SSSR count). The molecule has 1 amide bonds. The number of carbonyl (C=O) groups excluding carboxylic acids is 3. The number of hydrogen-bond donors (Lipinski definition) is 1. The molecule has 8 nitrogen and oxygen atoms in total. The predicted octanol–water partition coefficient (Wildman–Crippen LogP) is 2.46. The molecule has 0 saturated carbocycles. The fourth-order valence-corrected chi connectivity index (χ4v) is 4.58. The third-order valence-corrected chi connectivity index (χ3v) is 10.4. The largest absolute Gasteiger partial charge is 0.453 e. The average Bonchev–Trinajstić information content (AvgIpc) is 2.61. The lowest BCUT2D eigenvalue weighted by Crippen LogP contribution is -2.67. The molecule has 0 bridgehead atoms. The van der Waals surface area contributed by atoms with Crippen LogP contribution in [0.3, 0.4) is 0 Å². The van der Waals surface area contributed by atoms with Gasteiger partial charge in [-0.05, 0) is 31.5 Å². The molecule has 0 unspecified atom stereocenters. The van der Waals surface area contributed by atoms with Gasteiger partial charge in [0, 0.05) is 0 Å². The minimum atomic E-state index is -2.20. The van der Waals surface area contributed by atoms with Crippen molar-refractivity contribution in [1.29, 1.82) is 0 Å². The molecule has 10 heteroatoms. The fraction of sp³-hybridized carbons (Fsp3) is 0.700. The van der Waals surface area contributed by atoms with Gasteiger partial charge >= 0.3 is 11.7 Å². The van der Waals surface area contributed by atoms with E-state index in [1.807, 2.05) is 13.1 Å². The zero-order valence-electron chi connectivity index (χ0n) is 18.5. The molecule has 1 fully saturated rings. The van der Waals surface area contributed by atoms with Crippen LogP contribution in [0, 0.1) is 11.8 Å². The summed E-state index contributed by atoms with van der Waals surface area (Å²) in [4.78, 5) is 39.9. The SMILES string of the molecule is C=CCOC(=O)C(=[N+]=[N-])C(=O)[C@H](CCF)[C@H]1NC(=O)[C@@H]1[C@@H](C)O[Si](C)(C)C(C)(C)C. The lowest BCUT2D eigenvalue weighted by Gasteiger charge is -2.47. The molecule has 1 aliphatic heterocycles. The Morgan fingerprint density at radius 1 is 1.40 bits per heavy atom. The Labute approximate surface area is 177 Å². The number of ketones is 1. The monoisotopic (exact) mass is 441 g/mol. The van der Waals surface area contributed by atoms with E-state index in [4.69, 9.17) is 14.7 Å². The van der Waals surface area contributed by atoms with Crippen molar-refractivity contribution in [3.8, 4) is 0 Å². The van der Waals surface area contributed by atoms with E-state index in [2.05, 4.69) is 37.5 Å². The van der Waals surface area contributed by atoms with Crippen molar-refractivity contribution in [2.24, 2.45) is 11.8 Å². The quantitative estimate of drug-likeness (QED) is 0.0772. The minimum absolute atomic E-state index is 0.0865. The van der Waals surface area contributed by atoms with E-state index in [1.165, 1.54) is 6.08 Å². The minimum Gasteiger partial charge on any atom is -0.453 e. The summed E-state index contributed by atoms with van der Waals surface area (Å²) in [5.74, 6) is -4.12. The Morgan fingerprint density at radius 3 is 2.43 bits per heavy atom. The number of esters is 1. The highest BCUT2D eigenvalue weighted by molar-refractivity contribution is 6.74. The van der Waals surface area contributed by atoms with E-state index in [0.717, 1.165) is 0 Å². The zero-order valence-corrected chi connectivity index (χ0v) is 19.5. The van der Waals surface area contributed by atoms with E-state index in [0.29, 0.717) is 0 Å². The van der Waals surface area contributed by atoms with Crippen LogP contribution in [0.15, 0.2) is 12.7 Å². The molecule has 0 aromatic heterocycles. The fourth-order valence-electron chi connectivity index (χ4n) is 3.15. The molecule has 30 heavy (non-hydrogen) atoms. The number of halogens is 1. The summed E-state index contributed by atoms with van der Waals surface area (Å²) >= 11 is 0. The highest BCUT2D eigenvalue weighted by Crippen LogP contribution is 2.40. The molecule has 0 spiro atoms. The van der Waals surface area contributed by atoms with Crippen LogP contribution in [0.2, 0.25) is 18.1 Å². The van der Waals surface area contributed by atoms with Crippen molar-refractivity contribution in [3.05, 3.63) is 18.2 Å². The van der Waals surface area contributed by atoms with E-state index >= 15 is 0 Å². The number of ether oxygens (including phenoxy) is 1. The smallest absolute Gasteiger partial charge is 0.441 e. The Balaban J connectivity index is 3.09. The topological polar surface area (TPSA) is 118 Å². The molecule has 0 aliphatic carbocycles. The number of alkyl halides is 1. The molecule has 1 N–H and O–H groups in total. The molecule has 1 saturated heterocycles. The third-order valence-electron chi connectivity index (χ3n) is 5.84. The number of nitrogens with one attached hydrogen (secondary N) is 1. The van der Waals surface area contributed by atoms with Crippen LogP contribution in [0.4, 0.5) is 4.39 Å². The van der Waals surface area contributed by atoms with Gasteiger partial charge in [0.25, 0.3) is 5.78 Å². The molecule has 1 heterocycles. The standard InChI is InChI=1S/C20H32FN3O5Si/c1-8-11-28-19(27)16(24-22)17(25)13(9-10-21)15-14(18(26)23-15)12(2)29-30(6,7)20(3,4)5/h8,12-15H,1,9-11H2,2-7H3,(H,23,26)/t12-,13-,14-,15-/m1/s1. The first-order chi connectivity index (χ1) is 13.8. The van der Waals surface area contributed by atoms with Gasteiger partial charge in [0.2, 0.25) is 5.91 Å². The highest BCUT2D eigenvalue weighted by atomic mass is 28.4. The Hall–Kier alpha value is -2.16. The van der Waals surface area contributed by atoms with Crippen molar-refractivity contribution < 1.29 is 32.7 Å². The summed E-state index contributed by atoms with van der Waals surface area (Å²) in [6.07, 6.45) is 0.529. The van der Waals surface area contributed by atoms with Crippen molar-refractivity contribution in [2.75, 3.05) is 13.3 Å². The van der Waals surface area contributed by atoms with Crippen molar-refractivity contribution in [1.82, 2.24) is 5.32 Å². The number of amides is 1. The summed E-state index contributed by atoms with van der Waals surface area (Å²) in [6, 6.07) is -0.746. The molecule has 0 radical (unpaired) electrons. The summed E-state index contributed by atoms with van der Waals surface area (Å²) in [5.41, 5.74) is 8.33. The van der Waals surface area contributed by atoms with Crippen LogP contribution >= 0.6 is 0 Å². The van der Waals surface area contributed by atoms with Gasteiger partial charge < -0.3 is 20.0 Å². The van der Waals surface area contributed by atoms with Gasteiger partial charge in [0.1, 0.15) is 6.61 Å². The van der Waals surface area contributed by atoms with Crippen LogP contribution in [0.25, 0.3) is 5.53 Å². The van der Waals surface area contributed by atoms with Crippen LogP contribution in [0.5, 0.6) is 0 Å². The second kappa shape index (κ2) is 10.2. The number of rotatable bonds is 11. The molecule has 4 atom stereocenters. The van der Waals surface area contributed by atoms with Gasteiger partial charge in [0.15, 0.2) is 8.32 Å². The lowest BCUT2D eigenvalue weighted by atomic mass is 9.74. The van der Waals surface area contributed by atoms with Crippen molar-refractivity contribution in [3.63, 3.8) is 0 Å². The molecular formula is C20H32FN3O5Si. The van der Waals surface area contributed by atoms with Gasteiger partial charge in [-0.1, -0.05) is 33.4 Å². The lowest BCUT2D eigenvalue weighted by molar-refractivity contribution is -0.146. The maximum absolute atomic E-state index is 13.2. The second-order valence-corrected chi connectivity index (χ2v) is 13.7. The van der Waals surface area contributed by atoms with Crippen LogP contribution in [0.1, 0.15) is 34.1 Å². The number of carbonyl (C=O) groups is 3. The van der Waals surface area contributed by atoms with E-state index in [-0.39, 0.29) is 24.0 Å². The second-order valence-electron chi connectivity index (χ2n) is 8.93. The Morgan fingerprint density at radius 2 is 2.00 bits per heavy atom. The third kappa shape index (κ3) is 5.71. The highest BCUT2D eigenvalue weighted by Gasteiger charge is 2.53. The first-order valence-electron chi connectivity index (χ1n) is 9.90. The number of β-lactam (4-membered cyclic amide) rings is 1. The van der Waals surface area contributed by atoms with E-state index in [1.54, 1.807) is 6.92 Å². The van der Waals surface area contributed by atoms with Gasteiger partial charge in [-0.3, -0.25) is 14.0 Å². The molecule has 1 aliphatic rings. The average molecular weight is 442 g/mol. The summed E-state index contributed by atoms with van der Waals surface area (Å²) in [5, 5.41) is 2.54. The van der Waals surface area contributed by atoms with Crippen LogP contribution < -0.4 is 5.32 Å². The maximum Gasteiger partial charge on any atom is 0.441 e. The normalized spacial score (nSPS) is 20.8. The summed E-state index contributed by atoms with van der Waals surface area (Å²) in [6.45, 7) is 14.4. The number of nitrogens with zero attached hydrogens (tertiary/aromatic N) is 2. The maximum atomic E-state index is 13.2. The zero-order chi connectivity index (χ0) is 23.3. The van der Waals surface area contributed by atoms with Gasteiger partial charge in [-0.15, -0.1) is 0 Å². The Bertz CT molecular complexity index is 743. The first kappa shape index (κ1) is 25.9. The van der Waals surface area contributed by atoms with Gasteiger partial charge in [-0.2, -0.15) is 4.79 Å². The molecule has 168 valence electrons. The molecular weight excluding hydrogens is 409 g/mol. The number of Topliss-reactive ketones (excluding diaryl/α,β-unsaturated/α-hetero) is 1. The van der Waals surface area contributed by atoms with E-state index in [9.17, 15) is 18.8 Å². The van der Waals surface area contributed by atoms with Crippen molar-refractivity contribution in [2.45, 2.75) is 64.4 Å². The van der Waals surface area contributed by atoms with Crippen molar-refractivity contribution >= 4 is 31.7 Å². The summed E-state index contributed by atoms with van der Waals surface area (Å²) < 4.78 is 24.3. The Kier molecular flexibility index (Phi) is 8.83. The van der Waals surface area contributed by atoms with Gasteiger partial charge in [-0.25, -0.2) is 4.79 Å². The van der Waals surface area contributed by atoms with Gasteiger partial charge in [0.05, 0.1) is 30.7 Å². The summed E-state index contributed by atoms with van der Waals surface area (Å²) in [7, 11) is -2.20. The molecule has 0 aromatic rings.